The van der Waals surface area contributed by atoms with E-state index in [1.807, 2.05) is 4.90 Å². The maximum atomic E-state index is 12.6. The van der Waals surface area contributed by atoms with Crippen LogP contribution in [-0.4, -0.2) is 34.3 Å². The van der Waals surface area contributed by atoms with Crippen molar-refractivity contribution in [3.63, 3.8) is 0 Å². The van der Waals surface area contributed by atoms with Crippen molar-refractivity contribution < 1.29 is 9.59 Å². The second-order valence-corrected chi connectivity index (χ2v) is 6.13. The smallest absolute Gasteiger partial charge is 0.246 e. The number of carbonyl (C=O) groups is 2. The molecular formula is C15H26N2O2. The maximum Gasteiger partial charge on any atom is 0.246 e. The van der Waals surface area contributed by atoms with E-state index in [0.29, 0.717) is 0 Å². The SMILES string of the molecule is CCCC(C)N1C(=O)C(C)NC(=O)C12CCCCC2. The topological polar surface area (TPSA) is 49.4 Å². The molecule has 1 aliphatic heterocycles. The molecule has 0 aromatic rings. The highest BCUT2D eigenvalue weighted by Gasteiger charge is 2.52. The van der Waals surface area contributed by atoms with Crippen molar-refractivity contribution in [1.82, 2.24) is 10.2 Å². The van der Waals surface area contributed by atoms with E-state index in [9.17, 15) is 9.59 Å². The summed E-state index contributed by atoms with van der Waals surface area (Å²) in [7, 11) is 0. The minimum Gasteiger partial charge on any atom is -0.343 e. The first-order chi connectivity index (χ1) is 9.03. The predicted octanol–water partition coefficient (Wildman–Crippen LogP) is 2.22. The van der Waals surface area contributed by atoms with Crippen LogP contribution in [0.15, 0.2) is 0 Å². The Morgan fingerprint density at radius 2 is 1.95 bits per heavy atom. The second kappa shape index (κ2) is 5.51. The third-order valence-electron chi connectivity index (χ3n) is 4.67. The molecule has 2 unspecified atom stereocenters. The van der Waals surface area contributed by atoms with Crippen molar-refractivity contribution in [1.29, 1.82) is 0 Å². The highest BCUT2D eigenvalue weighted by molar-refractivity contribution is 5.99. The Kier molecular flexibility index (Phi) is 4.16. The van der Waals surface area contributed by atoms with E-state index in [-0.39, 0.29) is 23.9 Å². The number of amides is 2. The fourth-order valence-electron chi connectivity index (χ4n) is 3.71. The molecule has 4 heteroatoms. The van der Waals surface area contributed by atoms with Crippen molar-refractivity contribution in [2.24, 2.45) is 0 Å². The average Bonchev–Trinajstić information content (AvgIpc) is 2.38. The van der Waals surface area contributed by atoms with Crippen LogP contribution in [0.3, 0.4) is 0 Å². The van der Waals surface area contributed by atoms with Crippen LogP contribution in [0.5, 0.6) is 0 Å². The molecule has 1 heterocycles. The Hall–Kier alpha value is -1.06. The van der Waals surface area contributed by atoms with Gasteiger partial charge in [-0.2, -0.15) is 0 Å². The molecule has 1 saturated carbocycles. The molecule has 2 aliphatic rings. The van der Waals surface area contributed by atoms with Crippen molar-refractivity contribution in [2.45, 2.75) is 83.3 Å². The van der Waals surface area contributed by atoms with E-state index in [4.69, 9.17) is 0 Å². The fourth-order valence-corrected chi connectivity index (χ4v) is 3.71. The molecule has 1 spiro atoms. The maximum absolute atomic E-state index is 12.6. The lowest BCUT2D eigenvalue weighted by atomic mass is 9.76. The lowest BCUT2D eigenvalue weighted by molar-refractivity contribution is -0.163. The number of rotatable bonds is 3. The zero-order valence-corrected chi connectivity index (χ0v) is 12.4. The molecule has 2 atom stereocenters. The van der Waals surface area contributed by atoms with Gasteiger partial charge in [-0.25, -0.2) is 0 Å². The Labute approximate surface area is 115 Å². The molecule has 0 aromatic heterocycles. The van der Waals surface area contributed by atoms with Gasteiger partial charge in [-0.15, -0.1) is 0 Å². The van der Waals surface area contributed by atoms with Gasteiger partial charge in [0.25, 0.3) is 0 Å². The average molecular weight is 266 g/mol. The Morgan fingerprint density at radius 1 is 1.32 bits per heavy atom. The Bertz CT molecular complexity index is 361. The summed E-state index contributed by atoms with van der Waals surface area (Å²) in [5, 5.41) is 2.89. The molecule has 2 amide bonds. The fraction of sp³-hybridized carbons (Fsp3) is 0.867. The van der Waals surface area contributed by atoms with Crippen molar-refractivity contribution >= 4 is 11.8 Å². The van der Waals surface area contributed by atoms with Gasteiger partial charge in [0.2, 0.25) is 11.8 Å². The van der Waals surface area contributed by atoms with Crippen LogP contribution in [0.4, 0.5) is 0 Å². The summed E-state index contributed by atoms with van der Waals surface area (Å²) in [5.41, 5.74) is -0.559. The molecule has 1 N–H and O–H groups in total. The van der Waals surface area contributed by atoms with Gasteiger partial charge in [-0.05, 0) is 33.1 Å². The summed E-state index contributed by atoms with van der Waals surface area (Å²) in [6.07, 6.45) is 6.92. The van der Waals surface area contributed by atoms with Gasteiger partial charge in [-0.3, -0.25) is 9.59 Å². The van der Waals surface area contributed by atoms with Gasteiger partial charge >= 0.3 is 0 Å². The normalized spacial score (nSPS) is 28.4. The highest BCUT2D eigenvalue weighted by Crippen LogP contribution is 2.38. The summed E-state index contributed by atoms with van der Waals surface area (Å²) in [6.45, 7) is 6.01. The molecule has 1 saturated heterocycles. The summed E-state index contributed by atoms with van der Waals surface area (Å²) < 4.78 is 0. The number of nitrogens with one attached hydrogen (secondary N) is 1. The molecule has 4 nitrogen and oxygen atoms in total. The van der Waals surface area contributed by atoms with Gasteiger partial charge in [0.1, 0.15) is 11.6 Å². The molecule has 0 bridgehead atoms. The Balaban J connectivity index is 2.34. The van der Waals surface area contributed by atoms with Crippen LogP contribution in [-0.2, 0) is 9.59 Å². The monoisotopic (exact) mass is 266 g/mol. The molecule has 0 aromatic carbocycles. The zero-order valence-electron chi connectivity index (χ0n) is 12.4. The van der Waals surface area contributed by atoms with E-state index >= 15 is 0 Å². The Morgan fingerprint density at radius 3 is 2.53 bits per heavy atom. The number of piperazine rings is 1. The first-order valence-electron chi connectivity index (χ1n) is 7.67. The summed E-state index contributed by atoms with van der Waals surface area (Å²) in [6, 6.07) is -0.219. The quantitative estimate of drug-likeness (QED) is 0.851. The van der Waals surface area contributed by atoms with Gasteiger partial charge in [-0.1, -0.05) is 32.6 Å². The van der Waals surface area contributed by atoms with Crippen molar-refractivity contribution in [2.75, 3.05) is 0 Å². The molecule has 2 rings (SSSR count). The minimum absolute atomic E-state index is 0.0715. The van der Waals surface area contributed by atoms with Gasteiger partial charge in [0.05, 0.1) is 0 Å². The zero-order chi connectivity index (χ0) is 14.0. The van der Waals surface area contributed by atoms with E-state index in [2.05, 4.69) is 19.2 Å². The molecule has 2 fully saturated rings. The highest BCUT2D eigenvalue weighted by atomic mass is 16.2. The summed E-state index contributed by atoms with van der Waals surface area (Å²) in [5.74, 6) is 0.171. The van der Waals surface area contributed by atoms with Crippen LogP contribution < -0.4 is 5.32 Å². The van der Waals surface area contributed by atoms with E-state index < -0.39 is 5.54 Å². The summed E-state index contributed by atoms with van der Waals surface area (Å²) in [4.78, 5) is 27.0. The first kappa shape index (κ1) is 14.4. The van der Waals surface area contributed by atoms with E-state index in [0.717, 1.165) is 38.5 Å². The summed E-state index contributed by atoms with van der Waals surface area (Å²) >= 11 is 0. The predicted molar refractivity (Wildman–Crippen MR) is 74.6 cm³/mol. The lowest BCUT2D eigenvalue weighted by Crippen LogP contribution is -2.72. The van der Waals surface area contributed by atoms with Crippen LogP contribution in [0.1, 0.15) is 65.7 Å². The van der Waals surface area contributed by atoms with E-state index in [1.54, 1.807) is 6.92 Å². The number of carbonyl (C=O) groups excluding carboxylic acids is 2. The minimum atomic E-state index is -0.559. The van der Waals surface area contributed by atoms with Crippen LogP contribution in [0.25, 0.3) is 0 Å². The number of nitrogens with zero attached hydrogens (tertiary/aromatic N) is 1. The van der Waals surface area contributed by atoms with Crippen LogP contribution >= 0.6 is 0 Å². The molecule has 0 radical (unpaired) electrons. The number of hydrogen-bond donors (Lipinski definition) is 1. The van der Waals surface area contributed by atoms with Crippen LogP contribution in [0, 0.1) is 0 Å². The molecule has 19 heavy (non-hydrogen) atoms. The second-order valence-electron chi connectivity index (χ2n) is 6.13. The van der Waals surface area contributed by atoms with E-state index in [1.165, 1.54) is 6.42 Å². The van der Waals surface area contributed by atoms with Crippen LogP contribution in [0.2, 0.25) is 0 Å². The van der Waals surface area contributed by atoms with Gasteiger partial charge < -0.3 is 10.2 Å². The van der Waals surface area contributed by atoms with Gasteiger partial charge in [0, 0.05) is 6.04 Å². The lowest BCUT2D eigenvalue weighted by Gasteiger charge is -2.52. The van der Waals surface area contributed by atoms with Crippen molar-refractivity contribution in [3.8, 4) is 0 Å². The number of hydrogen-bond acceptors (Lipinski definition) is 2. The van der Waals surface area contributed by atoms with Crippen molar-refractivity contribution in [3.05, 3.63) is 0 Å². The molecule has 1 aliphatic carbocycles. The standard InChI is InChI=1S/C15H26N2O2/c1-4-8-11(2)17-13(18)12(3)16-14(19)15(17)9-6-5-7-10-15/h11-12H,4-10H2,1-3H3,(H,16,19). The van der Waals surface area contributed by atoms with Gasteiger partial charge in [0.15, 0.2) is 0 Å². The largest absolute Gasteiger partial charge is 0.343 e. The molecule has 108 valence electrons. The first-order valence-corrected chi connectivity index (χ1v) is 7.67. The molecular weight excluding hydrogens is 240 g/mol. The third-order valence-corrected chi connectivity index (χ3v) is 4.67. The third kappa shape index (κ3) is 2.37.